The second kappa shape index (κ2) is 8.67. The Bertz CT molecular complexity index is 1200. The van der Waals surface area contributed by atoms with Crippen molar-refractivity contribution in [3.8, 4) is 11.4 Å². The average Bonchev–Trinajstić information content (AvgIpc) is 3.43. The Labute approximate surface area is 185 Å². The van der Waals surface area contributed by atoms with Gasteiger partial charge in [0.25, 0.3) is 0 Å². The number of para-hydroxylation sites is 1. The quantitative estimate of drug-likeness (QED) is 0.320. The van der Waals surface area contributed by atoms with Crippen LogP contribution >= 0.6 is 11.8 Å². The van der Waals surface area contributed by atoms with Gasteiger partial charge in [0.2, 0.25) is 0 Å². The molecule has 6 nitrogen and oxygen atoms in total. The zero-order valence-corrected chi connectivity index (χ0v) is 18.3. The topological polar surface area (TPSA) is 76.5 Å². The monoisotopic (exact) mass is 431 g/mol. The SMILES string of the molecule is CC1CCCCC1n1c(SCC(=O)c2c[nH]c3ccccc23)nnc1-c1cccnc1. The van der Waals surface area contributed by atoms with E-state index in [0.29, 0.717) is 17.7 Å². The lowest BCUT2D eigenvalue weighted by Crippen LogP contribution is -2.22. The van der Waals surface area contributed by atoms with Gasteiger partial charge in [0.05, 0.1) is 5.75 Å². The number of H-pyrrole nitrogens is 1. The van der Waals surface area contributed by atoms with E-state index in [1.807, 2.05) is 48.8 Å². The van der Waals surface area contributed by atoms with E-state index < -0.39 is 0 Å². The number of hydrogen-bond donors (Lipinski definition) is 1. The number of fused-ring (bicyclic) bond motifs is 1. The smallest absolute Gasteiger partial charge is 0.192 e. The Kier molecular flexibility index (Phi) is 5.59. The molecule has 31 heavy (non-hydrogen) atoms. The summed E-state index contributed by atoms with van der Waals surface area (Å²) in [5.41, 5.74) is 2.67. The van der Waals surface area contributed by atoms with Crippen LogP contribution in [0.2, 0.25) is 0 Å². The number of benzene rings is 1. The number of pyridine rings is 1. The molecule has 2 unspecified atom stereocenters. The highest BCUT2D eigenvalue weighted by molar-refractivity contribution is 7.99. The molecule has 0 spiro atoms. The van der Waals surface area contributed by atoms with E-state index in [-0.39, 0.29) is 5.78 Å². The summed E-state index contributed by atoms with van der Waals surface area (Å²) in [6.07, 6.45) is 10.2. The van der Waals surface area contributed by atoms with Crippen LogP contribution in [0.1, 0.15) is 49.0 Å². The van der Waals surface area contributed by atoms with Gasteiger partial charge in [-0.3, -0.25) is 14.3 Å². The van der Waals surface area contributed by atoms with Gasteiger partial charge in [-0.15, -0.1) is 10.2 Å². The highest BCUT2D eigenvalue weighted by Crippen LogP contribution is 2.39. The van der Waals surface area contributed by atoms with Crippen molar-refractivity contribution in [1.29, 1.82) is 0 Å². The number of ketones is 1. The summed E-state index contributed by atoms with van der Waals surface area (Å²) in [6, 6.07) is 12.2. The molecule has 5 rings (SSSR count). The molecular weight excluding hydrogens is 406 g/mol. The van der Waals surface area contributed by atoms with Crippen molar-refractivity contribution in [2.75, 3.05) is 5.75 Å². The minimum absolute atomic E-state index is 0.0941. The fraction of sp³-hybridized carbons (Fsp3) is 0.333. The Hall–Kier alpha value is -2.93. The first kappa shape index (κ1) is 20.0. The lowest BCUT2D eigenvalue weighted by atomic mass is 9.85. The largest absolute Gasteiger partial charge is 0.360 e. The van der Waals surface area contributed by atoms with Crippen molar-refractivity contribution >= 4 is 28.4 Å². The maximum absolute atomic E-state index is 13.0. The molecule has 3 aromatic heterocycles. The van der Waals surface area contributed by atoms with E-state index >= 15 is 0 Å². The van der Waals surface area contributed by atoms with E-state index in [9.17, 15) is 4.79 Å². The van der Waals surface area contributed by atoms with Crippen LogP contribution in [0.5, 0.6) is 0 Å². The number of carbonyl (C=O) groups excluding carboxylic acids is 1. The molecule has 4 aromatic rings. The fourth-order valence-electron chi connectivity index (χ4n) is 4.56. The van der Waals surface area contributed by atoms with Crippen molar-refractivity contribution in [3.63, 3.8) is 0 Å². The number of aromatic nitrogens is 5. The molecule has 7 heteroatoms. The van der Waals surface area contributed by atoms with Crippen LogP contribution in [0.3, 0.4) is 0 Å². The standard InChI is InChI=1S/C24H25N5OS/c1-16-7-2-5-11-21(16)29-23(17-8-6-12-25-13-17)27-28-24(29)31-15-22(30)19-14-26-20-10-4-3-9-18(19)20/h3-4,6,8-10,12-14,16,21,26H,2,5,7,11,15H2,1H3. The number of hydrogen-bond acceptors (Lipinski definition) is 5. The third-order valence-electron chi connectivity index (χ3n) is 6.20. The lowest BCUT2D eigenvalue weighted by Gasteiger charge is -2.31. The Morgan fingerprint density at radius 3 is 2.87 bits per heavy atom. The number of Topliss-reactive ketones (excluding diaryl/α,β-unsaturated/α-hetero) is 1. The van der Waals surface area contributed by atoms with Crippen LogP contribution in [-0.4, -0.2) is 36.3 Å². The number of aromatic amines is 1. The predicted molar refractivity (Wildman–Crippen MR) is 123 cm³/mol. The van der Waals surface area contributed by atoms with Gasteiger partial charge in [-0.05, 0) is 37.0 Å². The molecule has 0 radical (unpaired) electrons. The predicted octanol–water partition coefficient (Wildman–Crippen LogP) is 5.55. The Morgan fingerprint density at radius 1 is 1.16 bits per heavy atom. The highest BCUT2D eigenvalue weighted by atomic mass is 32.2. The summed E-state index contributed by atoms with van der Waals surface area (Å²) < 4.78 is 2.26. The molecule has 1 saturated carbocycles. The van der Waals surface area contributed by atoms with Crippen molar-refractivity contribution in [1.82, 2.24) is 24.7 Å². The number of thioether (sulfide) groups is 1. The molecule has 1 aromatic carbocycles. The number of nitrogens with zero attached hydrogens (tertiary/aromatic N) is 4. The van der Waals surface area contributed by atoms with Gasteiger partial charge in [0, 0.05) is 46.7 Å². The van der Waals surface area contributed by atoms with Crippen LogP contribution in [0.4, 0.5) is 0 Å². The van der Waals surface area contributed by atoms with Crippen molar-refractivity contribution in [2.45, 2.75) is 43.8 Å². The minimum Gasteiger partial charge on any atom is -0.360 e. The van der Waals surface area contributed by atoms with Gasteiger partial charge in [-0.1, -0.05) is 49.7 Å². The fourth-order valence-corrected chi connectivity index (χ4v) is 5.43. The average molecular weight is 432 g/mol. The summed E-state index contributed by atoms with van der Waals surface area (Å²) >= 11 is 1.48. The summed E-state index contributed by atoms with van der Waals surface area (Å²) in [5.74, 6) is 1.81. The summed E-state index contributed by atoms with van der Waals surface area (Å²) in [4.78, 5) is 20.5. The Balaban J connectivity index is 1.45. The second-order valence-electron chi connectivity index (χ2n) is 8.21. The molecule has 1 fully saturated rings. The first-order chi connectivity index (χ1) is 15.2. The van der Waals surface area contributed by atoms with E-state index in [1.165, 1.54) is 31.0 Å². The molecule has 1 aliphatic rings. The molecule has 0 aliphatic heterocycles. The van der Waals surface area contributed by atoms with Crippen LogP contribution in [0.25, 0.3) is 22.3 Å². The van der Waals surface area contributed by atoms with Gasteiger partial charge in [0.15, 0.2) is 16.8 Å². The normalized spacial score (nSPS) is 19.0. The summed E-state index contributed by atoms with van der Waals surface area (Å²) in [5, 5.41) is 10.8. The molecule has 0 saturated heterocycles. The molecule has 1 aliphatic carbocycles. The van der Waals surface area contributed by atoms with E-state index in [0.717, 1.165) is 39.4 Å². The zero-order valence-electron chi connectivity index (χ0n) is 17.5. The van der Waals surface area contributed by atoms with Crippen molar-refractivity contribution in [2.24, 2.45) is 5.92 Å². The summed E-state index contributed by atoms with van der Waals surface area (Å²) in [6.45, 7) is 2.31. The van der Waals surface area contributed by atoms with Gasteiger partial charge in [-0.25, -0.2) is 0 Å². The van der Waals surface area contributed by atoms with E-state index in [2.05, 4.69) is 31.7 Å². The van der Waals surface area contributed by atoms with Gasteiger partial charge in [-0.2, -0.15) is 0 Å². The maximum atomic E-state index is 13.0. The molecule has 0 amide bonds. The third-order valence-corrected chi connectivity index (χ3v) is 7.15. The van der Waals surface area contributed by atoms with Crippen molar-refractivity contribution < 1.29 is 4.79 Å². The minimum atomic E-state index is 0.0941. The number of rotatable bonds is 6. The maximum Gasteiger partial charge on any atom is 0.192 e. The van der Waals surface area contributed by atoms with Crippen LogP contribution in [0, 0.1) is 5.92 Å². The van der Waals surface area contributed by atoms with Crippen LogP contribution in [-0.2, 0) is 0 Å². The van der Waals surface area contributed by atoms with Crippen LogP contribution < -0.4 is 0 Å². The Morgan fingerprint density at radius 2 is 2.03 bits per heavy atom. The van der Waals surface area contributed by atoms with E-state index in [4.69, 9.17) is 0 Å². The zero-order chi connectivity index (χ0) is 21.2. The molecular formula is C24H25N5OS. The first-order valence-electron chi connectivity index (χ1n) is 10.8. The lowest BCUT2D eigenvalue weighted by molar-refractivity contribution is 0.102. The van der Waals surface area contributed by atoms with Crippen LogP contribution in [0.15, 0.2) is 60.1 Å². The third kappa shape index (κ3) is 3.90. The number of carbonyl (C=O) groups is 1. The van der Waals surface area contributed by atoms with Crippen molar-refractivity contribution in [3.05, 3.63) is 60.6 Å². The molecule has 1 N–H and O–H groups in total. The summed E-state index contributed by atoms with van der Waals surface area (Å²) in [7, 11) is 0. The molecule has 158 valence electrons. The van der Waals surface area contributed by atoms with E-state index in [1.54, 1.807) is 6.20 Å². The van der Waals surface area contributed by atoms with Gasteiger partial charge >= 0.3 is 0 Å². The van der Waals surface area contributed by atoms with Gasteiger partial charge < -0.3 is 4.98 Å². The first-order valence-corrected chi connectivity index (χ1v) is 11.8. The second-order valence-corrected chi connectivity index (χ2v) is 9.15. The highest BCUT2D eigenvalue weighted by Gasteiger charge is 2.29. The number of nitrogens with one attached hydrogen (secondary N) is 1. The molecule has 0 bridgehead atoms. The van der Waals surface area contributed by atoms with Gasteiger partial charge in [0.1, 0.15) is 0 Å². The molecule has 3 heterocycles. The molecule has 2 atom stereocenters.